The van der Waals surface area contributed by atoms with Gasteiger partial charge in [0.2, 0.25) is 0 Å². The maximum atomic E-state index is 12.8. The van der Waals surface area contributed by atoms with E-state index in [-0.39, 0.29) is 23.2 Å². The molecule has 2 saturated heterocycles. The quantitative estimate of drug-likeness (QED) is 0.757. The van der Waals surface area contributed by atoms with Crippen molar-refractivity contribution >= 4 is 39.9 Å². The zero-order chi connectivity index (χ0) is 19.3. The molecule has 152 valence electrons. The largest absolute Gasteiger partial charge is 0.339 e. The summed E-state index contributed by atoms with van der Waals surface area (Å²) in [6.45, 7) is 3.59. The first kappa shape index (κ1) is 19.9. The summed E-state index contributed by atoms with van der Waals surface area (Å²) in [6, 6.07) is 13.8. The van der Waals surface area contributed by atoms with E-state index in [1.807, 2.05) is 4.90 Å². The summed E-state index contributed by atoms with van der Waals surface area (Å²) in [6.07, 6.45) is 0. The van der Waals surface area contributed by atoms with Gasteiger partial charge in [0.15, 0.2) is 5.84 Å². The van der Waals surface area contributed by atoms with Crippen molar-refractivity contribution in [1.82, 2.24) is 10.2 Å². The molecule has 0 aromatic heterocycles. The molecule has 0 spiro atoms. The van der Waals surface area contributed by atoms with Crippen molar-refractivity contribution in [3.05, 3.63) is 59.7 Å². The van der Waals surface area contributed by atoms with E-state index in [0.29, 0.717) is 34.5 Å². The number of sulfonamides is 1. The lowest BCUT2D eigenvalue weighted by Crippen LogP contribution is -2.31. The molecule has 1 amide bonds. The van der Waals surface area contributed by atoms with Crippen molar-refractivity contribution < 1.29 is 13.2 Å². The third-order valence-corrected chi connectivity index (χ3v) is 7.04. The van der Waals surface area contributed by atoms with Crippen LogP contribution in [0.3, 0.4) is 0 Å². The molecule has 0 unspecified atom stereocenters. The van der Waals surface area contributed by atoms with Crippen molar-refractivity contribution in [2.75, 3.05) is 31.5 Å². The first-order valence-electron chi connectivity index (χ1n) is 9.33. The molecule has 5 rings (SSSR count). The van der Waals surface area contributed by atoms with Gasteiger partial charge < -0.3 is 15.5 Å². The van der Waals surface area contributed by atoms with Gasteiger partial charge in [0.1, 0.15) is 4.90 Å². The number of amides is 1. The number of rotatable bonds is 2. The number of nitrogens with zero attached hydrogens (tertiary/aromatic N) is 2. The second-order valence-corrected chi connectivity index (χ2v) is 9.07. The van der Waals surface area contributed by atoms with Crippen LogP contribution in [0.2, 0.25) is 0 Å². The highest BCUT2D eigenvalue weighted by molar-refractivity contribution is 7.90. The Hall–Kier alpha value is -2.42. The van der Waals surface area contributed by atoms with Crippen LogP contribution in [0.5, 0.6) is 0 Å². The maximum absolute atomic E-state index is 12.8. The van der Waals surface area contributed by atoms with Crippen LogP contribution >= 0.6 is 12.4 Å². The predicted octanol–water partition coefficient (Wildman–Crippen LogP) is 1.96. The third kappa shape index (κ3) is 3.52. The van der Waals surface area contributed by atoms with Crippen LogP contribution in [0, 0.1) is 11.8 Å². The monoisotopic (exact) mass is 432 g/mol. The number of nitrogens with one attached hydrogen (secondary N) is 2. The summed E-state index contributed by atoms with van der Waals surface area (Å²) in [5.74, 6) is 1.47. The lowest BCUT2D eigenvalue weighted by Gasteiger charge is -2.17. The molecule has 3 aliphatic heterocycles. The molecule has 0 radical (unpaired) electrons. The zero-order valence-corrected chi connectivity index (χ0v) is 17.2. The normalized spacial score (nSPS) is 23.7. The van der Waals surface area contributed by atoms with E-state index in [1.54, 1.807) is 48.5 Å². The van der Waals surface area contributed by atoms with Gasteiger partial charge in [-0.25, -0.2) is 0 Å². The van der Waals surface area contributed by atoms with Crippen molar-refractivity contribution in [3.63, 3.8) is 0 Å². The zero-order valence-electron chi connectivity index (χ0n) is 15.5. The number of hydrogen-bond acceptors (Lipinski definition) is 5. The van der Waals surface area contributed by atoms with E-state index in [0.717, 1.165) is 26.2 Å². The van der Waals surface area contributed by atoms with Crippen molar-refractivity contribution in [2.24, 2.45) is 16.2 Å². The highest BCUT2D eigenvalue weighted by atomic mass is 35.5. The second-order valence-electron chi connectivity index (χ2n) is 7.50. The summed E-state index contributed by atoms with van der Waals surface area (Å²) < 4.78 is 28.1. The van der Waals surface area contributed by atoms with Gasteiger partial charge in [-0.05, 0) is 48.2 Å². The van der Waals surface area contributed by atoms with E-state index in [9.17, 15) is 13.2 Å². The van der Waals surface area contributed by atoms with Crippen LogP contribution in [0.4, 0.5) is 5.69 Å². The summed E-state index contributed by atoms with van der Waals surface area (Å²) in [5, 5.41) is 6.44. The Bertz CT molecular complexity index is 1070. The molecule has 2 fully saturated rings. The minimum atomic E-state index is -3.66. The van der Waals surface area contributed by atoms with Crippen LogP contribution in [-0.4, -0.2) is 51.2 Å². The minimum absolute atomic E-state index is 0. The molecule has 2 aromatic rings. The standard InChI is InChI=1S/C20H20N4O3S.ClH/c25-20(24-11-14-9-21-10-15(14)12-24)13-5-7-16(8-6-13)22-19-17-3-1-2-4-18(17)28(26,27)23-19;/h1-8,14-15,21H,9-12H2,(H,22,23);1H/t14-,15+;. The van der Waals surface area contributed by atoms with Crippen LogP contribution < -0.4 is 10.6 Å². The Kier molecular flexibility index (Phi) is 5.10. The second kappa shape index (κ2) is 7.44. The Morgan fingerprint density at radius 1 is 1.03 bits per heavy atom. The van der Waals surface area contributed by atoms with E-state index in [2.05, 4.69) is 15.0 Å². The lowest BCUT2D eigenvalue weighted by atomic mass is 10.0. The molecule has 29 heavy (non-hydrogen) atoms. The van der Waals surface area contributed by atoms with Gasteiger partial charge in [0.05, 0.1) is 0 Å². The molecule has 9 heteroatoms. The Balaban J connectivity index is 0.00000205. The van der Waals surface area contributed by atoms with Crippen LogP contribution in [0.1, 0.15) is 15.9 Å². The van der Waals surface area contributed by atoms with Crippen molar-refractivity contribution in [3.8, 4) is 0 Å². The van der Waals surface area contributed by atoms with Gasteiger partial charge in [0, 0.05) is 43.0 Å². The number of anilines is 1. The molecule has 0 bridgehead atoms. The number of halogens is 1. The molecular weight excluding hydrogens is 412 g/mol. The first-order valence-corrected chi connectivity index (χ1v) is 10.8. The van der Waals surface area contributed by atoms with Gasteiger partial charge >= 0.3 is 0 Å². The average molecular weight is 433 g/mol. The highest BCUT2D eigenvalue weighted by Gasteiger charge is 2.38. The number of amidine groups is 1. The topological polar surface area (TPSA) is 90.9 Å². The van der Waals surface area contributed by atoms with Gasteiger partial charge in [-0.3, -0.25) is 4.79 Å². The van der Waals surface area contributed by atoms with Gasteiger partial charge in [0.25, 0.3) is 15.9 Å². The number of benzene rings is 2. The molecule has 2 aromatic carbocycles. The molecule has 0 saturated carbocycles. The molecular formula is C20H21ClN4O3S. The van der Waals surface area contributed by atoms with Gasteiger partial charge in [-0.2, -0.15) is 8.42 Å². The Labute approximate surface area is 175 Å². The molecule has 7 nitrogen and oxygen atoms in total. The summed E-state index contributed by atoms with van der Waals surface area (Å²) in [7, 11) is -3.66. The number of carbonyl (C=O) groups excluding carboxylic acids is 1. The first-order chi connectivity index (χ1) is 13.5. The number of carbonyl (C=O) groups is 1. The fourth-order valence-corrected chi connectivity index (χ4v) is 5.41. The van der Waals surface area contributed by atoms with Crippen LogP contribution in [0.15, 0.2) is 57.8 Å². The molecule has 2 atom stereocenters. The molecule has 3 heterocycles. The average Bonchev–Trinajstić information content (AvgIpc) is 3.35. The van der Waals surface area contributed by atoms with Gasteiger partial charge in [-0.15, -0.1) is 16.8 Å². The van der Waals surface area contributed by atoms with Crippen molar-refractivity contribution in [1.29, 1.82) is 0 Å². The Morgan fingerprint density at radius 2 is 1.69 bits per heavy atom. The molecule has 3 aliphatic rings. The van der Waals surface area contributed by atoms with E-state index < -0.39 is 10.0 Å². The smallest absolute Gasteiger partial charge is 0.285 e. The fourth-order valence-electron chi connectivity index (χ4n) is 4.23. The fraction of sp³-hybridized carbons (Fsp3) is 0.300. The van der Waals surface area contributed by atoms with Crippen LogP contribution in [-0.2, 0) is 10.0 Å². The van der Waals surface area contributed by atoms with E-state index in [4.69, 9.17) is 0 Å². The van der Waals surface area contributed by atoms with E-state index in [1.165, 1.54) is 0 Å². The Morgan fingerprint density at radius 3 is 2.38 bits per heavy atom. The maximum Gasteiger partial charge on any atom is 0.285 e. The molecule has 2 N–H and O–H groups in total. The number of fused-ring (bicyclic) bond motifs is 2. The van der Waals surface area contributed by atoms with Crippen LogP contribution in [0.25, 0.3) is 0 Å². The lowest BCUT2D eigenvalue weighted by molar-refractivity contribution is 0.0781. The summed E-state index contributed by atoms with van der Waals surface area (Å²) in [5.41, 5.74) is 1.88. The van der Waals surface area contributed by atoms with Gasteiger partial charge in [-0.1, -0.05) is 12.1 Å². The SMILES string of the molecule is Cl.O=C(c1ccc(NC2=NS(=O)(=O)c3ccccc32)cc1)N1C[C@H]2CNC[C@H]2C1. The van der Waals surface area contributed by atoms with Crippen molar-refractivity contribution in [2.45, 2.75) is 4.90 Å². The minimum Gasteiger partial charge on any atom is -0.339 e. The summed E-state index contributed by atoms with van der Waals surface area (Å²) in [4.78, 5) is 14.9. The highest BCUT2D eigenvalue weighted by Crippen LogP contribution is 2.29. The third-order valence-electron chi connectivity index (χ3n) is 5.70. The molecule has 0 aliphatic carbocycles. The van der Waals surface area contributed by atoms with E-state index >= 15 is 0 Å². The predicted molar refractivity (Wildman–Crippen MR) is 113 cm³/mol. The summed E-state index contributed by atoms with van der Waals surface area (Å²) >= 11 is 0. The number of likely N-dealkylation sites (tertiary alicyclic amines) is 1. The number of hydrogen-bond donors (Lipinski definition) is 2.